The van der Waals surface area contributed by atoms with Crippen molar-refractivity contribution in [3.63, 3.8) is 0 Å². The van der Waals surface area contributed by atoms with Crippen LogP contribution in [0.3, 0.4) is 0 Å². The molecule has 0 spiro atoms. The van der Waals surface area contributed by atoms with E-state index in [1.165, 1.54) is 5.56 Å². The van der Waals surface area contributed by atoms with Gasteiger partial charge in [-0.15, -0.1) is 0 Å². The quantitative estimate of drug-likeness (QED) is 0.565. The van der Waals surface area contributed by atoms with E-state index in [-0.39, 0.29) is 5.41 Å². The molecule has 2 heteroatoms. The van der Waals surface area contributed by atoms with Crippen molar-refractivity contribution in [1.29, 1.82) is 0 Å². The molecule has 0 aromatic heterocycles. The van der Waals surface area contributed by atoms with E-state index in [1.54, 1.807) is 0 Å². The zero-order valence-corrected chi connectivity index (χ0v) is 16.2. The first kappa shape index (κ1) is 18.7. The van der Waals surface area contributed by atoms with E-state index in [0.29, 0.717) is 6.61 Å². The standard InChI is InChI=1S/C24H30O2/c1-4-17-25-24(21-15-11-8-12-16-21)19-23(5-2,6-3)22(26-24)18-20-13-9-7-10-14-20/h7-16,18H,4-6,17,19H2,1-3H3/b22-18-. The first-order valence-electron chi connectivity index (χ1n) is 9.84. The fourth-order valence-electron chi connectivity index (χ4n) is 3.87. The molecule has 1 atom stereocenters. The van der Waals surface area contributed by atoms with Crippen molar-refractivity contribution >= 4 is 6.08 Å². The number of hydrogen-bond donors (Lipinski definition) is 0. The van der Waals surface area contributed by atoms with Gasteiger partial charge in [-0.3, -0.25) is 0 Å². The molecule has 2 nitrogen and oxygen atoms in total. The number of ether oxygens (including phenoxy) is 2. The van der Waals surface area contributed by atoms with Gasteiger partial charge in [0.05, 0.1) is 6.61 Å². The molecule has 2 aromatic rings. The summed E-state index contributed by atoms with van der Waals surface area (Å²) in [7, 11) is 0. The summed E-state index contributed by atoms with van der Waals surface area (Å²) in [5.74, 6) is 0.359. The predicted octanol–water partition coefficient (Wildman–Crippen LogP) is 6.53. The van der Waals surface area contributed by atoms with Crippen LogP contribution in [-0.2, 0) is 15.3 Å². The Bertz CT molecular complexity index is 716. The molecule has 1 unspecified atom stereocenters. The molecule has 1 aliphatic rings. The van der Waals surface area contributed by atoms with Crippen LogP contribution in [0, 0.1) is 5.41 Å². The van der Waals surface area contributed by atoms with Crippen molar-refractivity contribution in [3.05, 3.63) is 77.5 Å². The first-order valence-corrected chi connectivity index (χ1v) is 9.84. The number of allylic oxidation sites excluding steroid dienone is 1. The molecule has 0 amide bonds. The van der Waals surface area contributed by atoms with Crippen LogP contribution in [-0.4, -0.2) is 6.61 Å². The minimum atomic E-state index is -0.691. The average molecular weight is 351 g/mol. The molecular formula is C24H30O2. The molecule has 1 heterocycles. The second kappa shape index (κ2) is 8.09. The summed E-state index contributed by atoms with van der Waals surface area (Å²) >= 11 is 0. The third-order valence-electron chi connectivity index (χ3n) is 5.57. The zero-order chi connectivity index (χ0) is 18.5. The largest absolute Gasteiger partial charge is 0.462 e. The van der Waals surface area contributed by atoms with Crippen LogP contribution < -0.4 is 0 Å². The van der Waals surface area contributed by atoms with Crippen LogP contribution in [0.5, 0.6) is 0 Å². The van der Waals surface area contributed by atoms with E-state index in [9.17, 15) is 0 Å². The molecule has 0 bridgehead atoms. The molecule has 138 valence electrons. The SMILES string of the molecule is CCCOC1(c2ccccc2)CC(CC)(CC)/C(=C/c2ccccc2)O1. The maximum absolute atomic E-state index is 6.68. The molecule has 2 aromatic carbocycles. The van der Waals surface area contributed by atoms with Gasteiger partial charge in [0.1, 0.15) is 5.76 Å². The van der Waals surface area contributed by atoms with Crippen LogP contribution >= 0.6 is 0 Å². The topological polar surface area (TPSA) is 18.5 Å². The van der Waals surface area contributed by atoms with Crippen LogP contribution in [0.15, 0.2) is 66.4 Å². The zero-order valence-electron chi connectivity index (χ0n) is 16.2. The van der Waals surface area contributed by atoms with Gasteiger partial charge in [-0.25, -0.2) is 0 Å². The first-order chi connectivity index (χ1) is 12.7. The Morgan fingerprint density at radius 3 is 2.12 bits per heavy atom. The fourth-order valence-corrected chi connectivity index (χ4v) is 3.87. The summed E-state index contributed by atoms with van der Waals surface area (Å²) in [5, 5.41) is 0. The van der Waals surface area contributed by atoms with Gasteiger partial charge in [0.15, 0.2) is 0 Å². The van der Waals surface area contributed by atoms with Crippen molar-refractivity contribution in [1.82, 2.24) is 0 Å². The number of benzene rings is 2. The second-order valence-corrected chi connectivity index (χ2v) is 7.15. The van der Waals surface area contributed by atoms with Crippen LogP contribution in [0.4, 0.5) is 0 Å². The molecule has 1 fully saturated rings. The highest BCUT2D eigenvalue weighted by Crippen LogP contribution is 2.56. The molecule has 1 saturated heterocycles. The Balaban J connectivity index is 2.06. The van der Waals surface area contributed by atoms with Crippen LogP contribution in [0.2, 0.25) is 0 Å². The third kappa shape index (κ3) is 3.57. The highest BCUT2D eigenvalue weighted by atomic mass is 16.7. The summed E-state index contributed by atoms with van der Waals surface area (Å²) in [4.78, 5) is 0. The molecule has 0 aliphatic carbocycles. The van der Waals surface area contributed by atoms with Gasteiger partial charge in [0.2, 0.25) is 5.79 Å². The minimum Gasteiger partial charge on any atom is -0.462 e. The summed E-state index contributed by atoms with van der Waals surface area (Å²) in [6.45, 7) is 7.34. The summed E-state index contributed by atoms with van der Waals surface area (Å²) in [5.41, 5.74) is 2.28. The van der Waals surface area contributed by atoms with Gasteiger partial charge in [0.25, 0.3) is 0 Å². The van der Waals surface area contributed by atoms with Gasteiger partial charge in [-0.1, -0.05) is 81.4 Å². The van der Waals surface area contributed by atoms with Crippen molar-refractivity contribution in [2.45, 2.75) is 52.2 Å². The monoisotopic (exact) mass is 350 g/mol. The summed E-state index contributed by atoms with van der Waals surface area (Å²) < 4.78 is 13.1. The van der Waals surface area contributed by atoms with Gasteiger partial charge in [-0.2, -0.15) is 0 Å². The van der Waals surface area contributed by atoms with Crippen LogP contribution in [0.1, 0.15) is 57.6 Å². The van der Waals surface area contributed by atoms with E-state index >= 15 is 0 Å². The molecule has 26 heavy (non-hydrogen) atoms. The Morgan fingerprint density at radius 2 is 1.54 bits per heavy atom. The van der Waals surface area contributed by atoms with Gasteiger partial charge >= 0.3 is 0 Å². The van der Waals surface area contributed by atoms with Crippen molar-refractivity contribution in [2.75, 3.05) is 6.61 Å². The molecule has 0 saturated carbocycles. The van der Waals surface area contributed by atoms with Gasteiger partial charge in [-0.05, 0) is 30.9 Å². The lowest BCUT2D eigenvalue weighted by Gasteiger charge is -2.30. The van der Waals surface area contributed by atoms with Crippen molar-refractivity contribution in [2.24, 2.45) is 5.41 Å². The normalized spacial score (nSPS) is 23.1. The van der Waals surface area contributed by atoms with Crippen molar-refractivity contribution < 1.29 is 9.47 Å². The lowest BCUT2D eigenvalue weighted by atomic mass is 9.75. The highest BCUT2D eigenvalue weighted by Gasteiger charge is 2.53. The maximum Gasteiger partial charge on any atom is 0.237 e. The Hall–Kier alpha value is -2.06. The Kier molecular flexibility index (Phi) is 5.83. The maximum atomic E-state index is 6.68. The lowest BCUT2D eigenvalue weighted by Crippen LogP contribution is -2.30. The number of rotatable bonds is 7. The summed E-state index contributed by atoms with van der Waals surface area (Å²) in [6, 6.07) is 20.8. The van der Waals surface area contributed by atoms with E-state index in [1.807, 2.05) is 12.1 Å². The van der Waals surface area contributed by atoms with Crippen molar-refractivity contribution in [3.8, 4) is 0 Å². The minimum absolute atomic E-state index is 0.000571. The predicted molar refractivity (Wildman–Crippen MR) is 107 cm³/mol. The number of hydrogen-bond acceptors (Lipinski definition) is 2. The van der Waals surface area contributed by atoms with Crippen LogP contribution in [0.25, 0.3) is 6.08 Å². The van der Waals surface area contributed by atoms with E-state index in [4.69, 9.17) is 9.47 Å². The lowest BCUT2D eigenvalue weighted by molar-refractivity contribution is -0.205. The van der Waals surface area contributed by atoms with E-state index < -0.39 is 5.79 Å². The second-order valence-electron chi connectivity index (χ2n) is 7.15. The average Bonchev–Trinajstić information content (AvgIpc) is 3.03. The molecule has 0 N–H and O–H groups in total. The molecule has 1 aliphatic heterocycles. The fraction of sp³-hybridized carbons (Fsp3) is 0.417. The Labute approximate surface area is 157 Å². The van der Waals surface area contributed by atoms with E-state index in [2.05, 4.69) is 75.4 Å². The highest BCUT2D eigenvalue weighted by molar-refractivity contribution is 5.53. The van der Waals surface area contributed by atoms with Gasteiger partial charge < -0.3 is 9.47 Å². The summed E-state index contributed by atoms with van der Waals surface area (Å²) in [6.07, 6.45) is 6.10. The van der Waals surface area contributed by atoms with E-state index in [0.717, 1.165) is 37.0 Å². The Morgan fingerprint density at radius 1 is 0.923 bits per heavy atom. The smallest absolute Gasteiger partial charge is 0.237 e. The third-order valence-corrected chi connectivity index (χ3v) is 5.57. The molecule has 0 radical (unpaired) electrons. The molecular weight excluding hydrogens is 320 g/mol. The van der Waals surface area contributed by atoms with Gasteiger partial charge in [0, 0.05) is 17.4 Å². The molecule has 3 rings (SSSR count).